The maximum atomic E-state index is 13.4. The number of halogens is 1. The molecular weight excluding hydrogens is 269 g/mol. The summed E-state index contributed by atoms with van der Waals surface area (Å²) >= 11 is 0. The van der Waals surface area contributed by atoms with Crippen LogP contribution in [0, 0.1) is 17.1 Å². The van der Waals surface area contributed by atoms with Crippen molar-refractivity contribution < 1.29 is 13.9 Å². The highest BCUT2D eigenvalue weighted by molar-refractivity contribution is 5.42. The van der Waals surface area contributed by atoms with E-state index in [1.54, 1.807) is 13.2 Å². The summed E-state index contributed by atoms with van der Waals surface area (Å²) < 4.78 is 23.9. The Bertz CT molecular complexity index is 664. The number of ether oxygens (including phenoxy) is 2. The van der Waals surface area contributed by atoms with Gasteiger partial charge in [0.15, 0.2) is 0 Å². The number of nitriles is 1. The average molecular weight is 285 g/mol. The minimum Gasteiger partial charge on any atom is -0.496 e. The van der Waals surface area contributed by atoms with Gasteiger partial charge in [0, 0.05) is 5.56 Å². The molecule has 0 aliphatic rings. The molecule has 0 spiro atoms. The number of methoxy groups -OCH3 is 2. The van der Waals surface area contributed by atoms with E-state index in [0.29, 0.717) is 23.5 Å². The molecule has 2 aromatic rings. The van der Waals surface area contributed by atoms with Crippen molar-refractivity contribution in [3.05, 3.63) is 59.4 Å². The lowest BCUT2D eigenvalue weighted by Gasteiger charge is -2.15. The molecule has 4 heteroatoms. The number of benzene rings is 2. The molecule has 0 fully saturated rings. The number of hydrogen-bond acceptors (Lipinski definition) is 3. The Morgan fingerprint density at radius 2 is 1.81 bits per heavy atom. The first-order valence-corrected chi connectivity index (χ1v) is 6.54. The molecule has 0 bridgehead atoms. The van der Waals surface area contributed by atoms with E-state index in [9.17, 15) is 9.65 Å². The van der Waals surface area contributed by atoms with Crippen molar-refractivity contribution in [2.45, 2.75) is 12.3 Å². The summed E-state index contributed by atoms with van der Waals surface area (Å²) in [7, 11) is 3.09. The van der Waals surface area contributed by atoms with E-state index < -0.39 is 5.92 Å². The maximum Gasteiger partial charge on any atom is 0.123 e. The van der Waals surface area contributed by atoms with Gasteiger partial charge in [-0.05, 0) is 36.2 Å². The highest BCUT2D eigenvalue weighted by Gasteiger charge is 2.18. The highest BCUT2D eigenvalue weighted by atomic mass is 19.1. The fraction of sp³-hybridized carbons (Fsp3) is 0.235. The zero-order valence-corrected chi connectivity index (χ0v) is 12.0. The number of hydrogen-bond donors (Lipinski definition) is 0. The van der Waals surface area contributed by atoms with Gasteiger partial charge in [-0.1, -0.05) is 18.2 Å². The van der Waals surface area contributed by atoms with Crippen LogP contribution in [0.5, 0.6) is 11.5 Å². The molecule has 1 atom stereocenters. The smallest absolute Gasteiger partial charge is 0.123 e. The predicted octanol–water partition coefficient (Wildman–Crippen LogP) is 3.69. The van der Waals surface area contributed by atoms with Crippen molar-refractivity contribution >= 4 is 0 Å². The molecule has 0 aliphatic carbocycles. The largest absolute Gasteiger partial charge is 0.496 e. The van der Waals surface area contributed by atoms with Gasteiger partial charge in [-0.25, -0.2) is 4.39 Å². The molecule has 1 unspecified atom stereocenters. The van der Waals surface area contributed by atoms with Crippen molar-refractivity contribution in [1.29, 1.82) is 5.26 Å². The lowest BCUT2D eigenvalue weighted by atomic mass is 9.92. The number of para-hydroxylation sites is 1. The predicted molar refractivity (Wildman–Crippen MR) is 78.0 cm³/mol. The van der Waals surface area contributed by atoms with E-state index in [0.717, 1.165) is 5.56 Å². The molecule has 0 saturated carbocycles. The molecule has 0 heterocycles. The van der Waals surface area contributed by atoms with Crippen molar-refractivity contribution in [2.24, 2.45) is 0 Å². The van der Waals surface area contributed by atoms with E-state index in [-0.39, 0.29) is 5.82 Å². The zero-order valence-electron chi connectivity index (χ0n) is 12.0. The van der Waals surface area contributed by atoms with Crippen LogP contribution in [-0.4, -0.2) is 14.2 Å². The van der Waals surface area contributed by atoms with Gasteiger partial charge in [0.05, 0.1) is 26.2 Å². The Hall–Kier alpha value is -2.54. The van der Waals surface area contributed by atoms with Crippen molar-refractivity contribution in [3.63, 3.8) is 0 Å². The summed E-state index contributed by atoms with van der Waals surface area (Å²) in [6.07, 6.45) is 0.359. The average Bonchev–Trinajstić information content (AvgIpc) is 2.52. The van der Waals surface area contributed by atoms with E-state index in [1.165, 1.54) is 19.2 Å². The number of rotatable bonds is 5. The first-order valence-electron chi connectivity index (χ1n) is 6.54. The standard InChI is InChI=1S/C17H16FNO2/c1-20-16-8-7-14(18)10-12(16)9-13(11-19)15-5-3-4-6-17(15)21-2/h3-8,10,13H,9H2,1-2H3. The molecule has 0 saturated heterocycles. The van der Waals surface area contributed by atoms with Gasteiger partial charge in [-0.15, -0.1) is 0 Å². The minimum atomic E-state index is -0.433. The van der Waals surface area contributed by atoms with Gasteiger partial charge in [0.1, 0.15) is 17.3 Å². The van der Waals surface area contributed by atoms with Gasteiger partial charge in [0.25, 0.3) is 0 Å². The van der Waals surface area contributed by atoms with Gasteiger partial charge in [0.2, 0.25) is 0 Å². The normalized spacial score (nSPS) is 11.5. The lowest BCUT2D eigenvalue weighted by molar-refractivity contribution is 0.403. The van der Waals surface area contributed by atoms with Gasteiger partial charge in [-0.2, -0.15) is 5.26 Å². The van der Waals surface area contributed by atoms with Crippen LogP contribution in [0.2, 0.25) is 0 Å². The molecule has 108 valence electrons. The Labute approximate surface area is 123 Å². The van der Waals surface area contributed by atoms with E-state index in [1.807, 2.05) is 24.3 Å². The highest BCUT2D eigenvalue weighted by Crippen LogP contribution is 2.31. The first kappa shape index (κ1) is 14.9. The lowest BCUT2D eigenvalue weighted by Crippen LogP contribution is -2.04. The maximum absolute atomic E-state index is 13.4. The second-order valence-corrected chi connectivity index (χ2v) is 4.58. The third-order valence-corrected chi connectivity index (χ3v) is 3.34. The third-order valence-electron chi connectivity index (χ3n) is 3.34. The Morgan fingerprint density at radius 3 is 2.48 bits per heavy atom. The van der Waals surface area contributed by atoms with Crippen LogP contribution in [0.4, 0.5) is 4.39 Å². The topological polar surface area (TPSA) is 42.2 Å². The first-order chi connectivity index (χ1) is 10.2. The fourth-order valence-electron chi connectivity index (χ4n) is 2.31. The van der Waals surface area contributed by atoms with Gasteiger partial charge in [-0.3, -0.25) is 0 Å². The number of nitrogens with zero attached hydrogens (tertiary/aromatic N) is 1. The molecule has 0 aromatic heterocycles. The Kier molecular flexibility index (Phi) is 4.78. The van der Waals surface area contributed by atoms with Crippen LogP contribution in [0.3, 0.4) is 0 Å². The van der Waals surface area contributed by atoms with E-state index in [4.69, 9.17) is 9.47 Å². The van der Waals surface area contributed by atoms with Crippen molar-refractivity contribution in [1.82, 2.24) is 0 Å². The SMILES string of the molecule is COc1ccc(F)cc1CC(C#N)c1ccccc1OC. The summed E-state index contributed by atoms with van der Waals surface area (Å²) in [5, 5.41) is 9.45. The molecule has 0 aliphatic heterocycles. The van der Waals surface area contributed by atoms with Crippen molar-refractivity contribution in [2.75, 3.05) is 14.2 Å². The summed E-state index contributed by atoms with van der Waals surface area (Å²) in [5.41, 5.74) is 1.45. The fourth-order valence-corrected chi connectivity index (χ4v) is 2.31. The molecule has 2 aromatic carbocycles. The molecule has 0 amide bonds. The van der Waals surface area contributed by atoms with Crippen LogP contribution in [0.1, 0.15) is 17.0 Å². The summed E-state index contributed by atoms with van der Waals surface area (Å²) in [4.78, 5) is 0. The van der Waals surface area contributed by atoms with E-state index >= 15 is 0 Å². The molecular formula is C17H16FNO2. The van der Waals surface area contributed by atoms with Crippen LogP contribution < -0.4 is 9.47 Å². The third kappa shape index (κ3) is 3.32. The van der Waals surface area contributed by atoms with Crippen LogP contribution in [0.25, 0.3) is 0 Å². The van der Waals surface area contributed by atoms with Crippen LogP contribution in [-0.2, 0) is 6.42 Å². The minimum absolute atomic E-state index is 0.345. The Morgan fingerprint density at radius 1 is 1.10 bits per heavy atom. The second kappa shape index (κ2) is 6.76. The van der Waals surface area contributed by atoms with Gasteiger partial charge < -0.3 is 9.47 Å². The summed E-state index contributed by atoms with van der Waals surface area (Å²) in [6.45, 7) is 0. The Balaban J connectivity index is 2.36. The molecule has 2 rings (SSSR count). The molecule has 0 N–H and O–H groups in total. The monoisotopic (exact) mass is 285 g/mol. The second-order valence-electron chi connectivity index (χ2n) is 4.58. The van der Waals surface area contributed by atoms with Crippen LogP contribution >= 0.6 is 0 Å². The van der Waals surface area contributed by atoms with Crippen LogP contribution in [0.15, 0.2) is 42.5 Å². The zero-order chi connectivity index (χ0) is 15.2. The molecule has 0 radical (unpaired) electrons. The summed E-state index contributed by atoms with van der Waals surface area (Å²) in [6, 6.07) is 13.9. The molecule has 21 heavy (non-hydrogen) atoms. The summed E-state index contributed by atoms with van der Waals surface area (Å²) in [5.74, 6) is 0.449. The quantitative estimate of drug-likeness (QED) is 0.841. The molecule has 3 nitrogen and oxygen atoms in total. The van der Waals surface area contributed by atoms with E-state index in [2.05, 4.69) is 6.07 Å². The van der Waals surface area contributed by atoms with Gasteiger partial charge >= 0.3 is 0 Å². The van der Waals surface area contributed by atoms with Crippen molar-refractivity contribution in [3.8, 4) is 17.6 Å².